The first-order valence-electron chi connectivity index (χ1n) is 12.8. The average molecular weight is 593 g/mol. The molecule has 0 aromatic heterocycles. The van der Waals surface area contributed by atoms with Crippen LogP contribution in [0.3, 0.4) is 0 Å². The number of amides is 1. The molecule has 0 bridgehead atoms. The molecule has 1 aliphatic rings. The molecule has 3 N–H and O–H groups in total. The number of thiocarbonyl (C=S) groups is 1. The first-order valence-corrected chi connectivity index (χ1v) is 13.6. The van der Waals surface area contributed by atoms with Gasteiger partial charge < -0.3 is 24.8 Å². The predicted molar refractivity (Wildman–Crippen MR) is 161 cm³/mol. The Balaban J connectivity index is 1.39. The zero-order chi connectivity index (χ0) is 29.2. The minimum absolute atomic E-state index is 0.227. The number of hydrogen-bond donors (Lipinski definition) is 3. The minimum atomic E-state index is -0.621. The van der Waals surface area contributed by atoms with E-state index in [1.165, 1.54) is 6.21 Å². The summed E-state index contributed by atoms with van der Waals surface area (Å²) in [4.78, 5) is 25.3. The molecule has 9 nitrogen and oxygen atoms in total. The lowest BCUT2D eigenvalue weighted by Crippen LogP contribution is -2.45. The van der Waals surface area contributed by atoms with Gasteiger partial charge in [-0.1, -0.05) is 54.1 Å². The number of halogens is 1. The van der Waals surface area contributed by atoms with Crippen LogP contribution < -0.4 is 25.5 Å². The molecule has 0 radical (unpaired) electrons. The van der Waals surface area contributed by atoms with Crippen LogP contribution in [-0.2, 0) is 20.9 Å². The van der Waals surface area contributed by atoms with Crippen LogP contribution >= 0.6 is 23.8 Å². The third-order valence-electron chi connectivity index (χ3n) is 5.97. The number of ether oxygens (including phenoxy) is 3. The van der Waals surface area contributed by atoms with Gasteiger partial charge in [-0.25, -0.2) is 10.2 Å². The molecule has 11 heteroatoms. The first kappa shape index (κ1) is 29.6. The van der Waals surface area contributed by atoms with Crippen LogP contribution in [0.15, 0.2) is 89.2 Å². The molecule has 1 amide bonds. The van der Waals surface area contributed by atoms with Gasteiger partial charge in [0.25, 0.3) is 5.91 Å². The van der Waals surface area contributed by atoms with Gasteiger partial charge in [-0.05, 0) is 62.0 Å². The summed E-state index contributed by atoms with van der Waals surface area (Å²) in [5.74, 6) is 0.0710. The lowest BCUT2D eigenvalue weighted by molar-refractivity contribution is -0.139. The summed E-state index contributed by atoms with van der Waals surface area (Å²) >= 11 is 11.3. The maximum absolute atomic E-state index is 12.7. The molecule has 0 saturated heterocycles. The van der Waals surface area contributed by atoms with Gasteiger partial charge in [0, 0.05) is 21.8 Å². The average Bonchev–Trinajstić information content (AvgIpc) is 2.96. The Kier molecular flexibility index (Phi) is 10.3. The number of esters is 1. The van der Waals surface area contributed by atoms with Crippen LogP contribution in [0.2, 0.25) is 5.02 Å². The highest BCUT2D eigenvalue weighted by atomic mass is 35.5. The van der Waals surface area contributed by atoms with Crippen molar-refractivity contribution in [2.45, 2.75) is 26.5 Å². The van der Waals surface area contributed by atoms with Crippen molar-refractivity contribution >= 4 is 47.0 Å². The van der Waals surface area contributed by atoms with Gasteiger partial charge in [-0.2, -0.15) is 5.10 Å². The van der Waals surface area contributed by atoms with Crippen molar-refractivity contribution in [2.24, 2.45) is 5.10 Å². The van der Waals surface area contributed by atoms with E-state index in [1.54, 1.807) is 44.2 Å². The molecule has 1 heterocycles. The molecule has 1 aliphatic heterocycles. The highest BCUT2D eigenvalue weighted by molar-refractivity contribution is 7.80. The molecule has 0 unspecified atom stereocenters. The number of carbonyl (C=O) groups excluding carboxylic acids is 2. The molecule has 4 rings (SSSR count). The molecule has 0 saturated carbocycles. The SMILES string of the molecule is CCOC(=O)C1=C(C)NC(=S)N[C@H]1c1ccccc1OCC(=O)NN=Cc1ccccc1OCc1ccc(Cl)cc1. The number of nitrogens with zero attached hydrogens (tertiary/aromatic N) is 1. The number of rotatable bonds is 11. The van der Waals surface area contributed by atoms with Crippen molar-refractivity contribution in [1.82, 2.24) is 16.1 Å². The fourth-order valence-electron chi connectivity index (χ4n) is 4.07. The smallest absolute Gasteiger partial charge is 0.338 e. The Morgan fingerprint density at radius 1 is 1.02 bits per heavy atom. The Hall–Kier alpha value is -4.41. The second kappa shape index (κ2) is 14.3. The summed E-state index contributed by atoms with van der Waals surface area (Å²) in [5, 5.41) is 11.1. The summed E-state index contributed by atoms with van der Waals surface area (Å²) in [6.07, 6.45) is 1.50. The Morgan fingerprint density at radius 3 is 2.49 bits per heavy atom. The number of hydrogen-bond acceptors (Lipinski definition) is 7. The van der Waals surface area contributed by atoms with Gasteiger partial charge in [-0.3, -0.25) is 4.79 Å². The van der Waals surface area contributed by atoms with E-state index < -0.39 is 17.9 Å². The summed E-state index contributed by atoms with van der Waals surface area (Å²) in [7, 11) is 0. The van der Waals surface area contributed by atoms with Crippen LogP contribution in [0.1, 0.15) is 36.6 Å². The first-order chi connectivity index (χ1) is 19.9. The molecule has 3 aromatic rings. The van der Waals surface area contributed by atoms with Gasteiger partial charge in [0.15, 0.2) is 11.7 Å². The molecule has 212 valence electrons. The van der Waals surface area contributed by atoms with Crippen LogP contribution in [0.4, 0.5) is 0 Å². The Bertz CT molecular complexity index is 1480. The Labute approximate surface area is 248 Å². The molecular weight excluding hydrogens is 564 g/mol. The lowest BCUT2D eigenvalue weighted by Gasteiger charge is -2.30. The van der Waals surface area contributed by atoms with Gasteiger partial charge in [0.2, 0.25) is 0 Å². The normalized spacial score (nSPS) is 14.7. The topological polar surface area (TPSA) is 110 Å². The number of allylic oxidation sites excluding steroid dienone is 1. The van der Waals surface area contributed by atoms with E-state index in [4.69, 9.17) is 38.0 Å². The molecule has 1 atom stereocenters. The molecule has 3 aromatic carbocycles. The van der Waals surface area contributed by atoms with Crippen LogP contribution in [0, 0.1) is 0 Å². The molecule has 0 aliphatic carbocycles. The third kappa shape index (κ3) is 8.06. The van der Waals surface area contributed by atoms with Crippen molar-refractivity contribution in [3.8, 4) is 11.5 Å². The van der Waals surface area contributed by atoms with Gasteiger partial charge in [-0.15, -0.1) is 0 Å². The lowest BCUT2D eigenvalue weighted by atomic mass is 9.95. The quantitative estimate of drug-likeness (QED) is 0.126. The summed E-state index contributed by atoms with van der Waals surface area (Å²) in [6.45, 7) is 3.76. The maximum Gasteiger partial charge on any atom is 0.338 e. The maximum atomic E-state index is 12.7. The second-order valence-electron chi connectivity index (χ2n) is 8.86. The number of para-hydroxylation sites is 2. The predicted octanol–water partition coefficient (Wildman–Crippen LogP) is 4.80. The minimum Gasteiger partial charge on any atom is -0.488 e. The van der Waals surface area contributed by atoms with Gasteiger partial charge >= 0.3 is 5.97 Å². The van der Waals surface area contributed by atoms with Gasteiger partial charge in [0.1, 0.15) is 18.1 Å². The summed E-state index contributed by atoms with van der Waals surface area (Å²) < 4.78 is 17.0. The highest BCUT2D eigenvalue weighted by Gasteiger charge is 2.32. The standard InChI is InChI=1S/C30H29ClN4O5S/c1-3-38-29(37)27-19(2)33-30(41)34-28(27)23-9-5-7-11-25(23)40-18-26(36)35-32-16-21-8-4-6-10-24(21)39-17-20-12-14-22(31)15-13-20/h4-16,28H,3,17-18H2,1-2H3,(H,35,36)(H2,33,34,41)/t28-/m0/s1. The van der Waals surface area contributed by atoms with Crippen molar-refractivity contribution in [2.75, 3.05) is 13.2 Å². The second-order valence-corrected chi connectivity index (χ2v) is 9.71. The van der Waals surface area contributed by atoms with E-state index in [2.05, 4.69) is 21.2 Å². The summed E-state index contributed by atoms with van der Waals surface area (Å²) in [6, 6.07) is 21.2. The molecular formula is C30H29ClN4O5S. The molecule has 0 spiro atoms. The number of benzene rings is 3. The molecule has 0 fully saturated rings. The van der Waals surface area contributed by atoms with E-state index in [-0.39, 0.29) is 13.2 Å². The Morgan fingerprint density at radius 2 is 1.73 bits per heavy atom. The number of hydrazone groups is 1. The van der Waals surface area contributed by atoms with Crippen molar-refractivity contribution in [3.05, 3.63) is 106 Å². The van der Waals surface area contributed by atoms with E-state index in [1.807, 2.05) is 42.5 Å². The fraction of sp³-hybridized carbons (Fsp3) is 0.200. The molecule has 41 heavy (non-hydrogen) atoms. The zero-order valence-electron chi connectivity index (χ0n) is 22.5. The van der Waals surface area contributed by atoms with E-state index in [9.17, 15) is 9.59 Å². The van der Waals surface area contributed by atoms with Gasteiger partial charge in [0.05, 0.1) is 24.4 Å². The number of nitrogens with one attached hydrogen (secondary N) is 3. The van der Waals surface area contributed by atoms with Crippen LogP contribution in [0.25, 0.3) is 0 Å². The zero-order valence-corrected chi connectivity index (χ0v) is 24.1. The van der Waals surface area contributed by atoms with E-state index in [0.29, 0.717) is 50.6 Å². The fourth-order valence-corrected chi connectivity index (χ4v) is 4.46. The van der Waals surface area contributed by atoms with E-state index >= 15 is 0 Å². The third-order valence-corrected chi connectivity index (χ3v) is 6.44. The highest BCUT2D eigenvalue weighted by Crippen LogP contribution is 2.33. The number of carbonyl (C=O) groups is 2. The largest absolute Gasteiger partial charge is 0.488 e. The van der Waals surface area contributed by atoms with E-state index in [0.717, 1.165) is 5.56 Å². The van der Waals surface area contributed by atoms with Crippen molar-refractivity contribution < 1.29 is 23.8 Å². The van der Waals surface area contributed by atoms with Crippen molar-refractivity contribution in [3.63, 3.8) is 0 Å². The van der Waals surface area contributed by atoms with Crippen LogP contribution in [-0.4, -0.2) is 36.4 Å². The van der Waals surface area contributed by atoms with Crippen LogP contribution in [0.5, 0.6) is 11.5 Å². The monoisotopic (exact) mass is 592 g/mol. The summed E-state index contributed by atoms with van der Waals surface area (Å²) in [5.41, 5.74) is 5.71. The van der Waals surface area contributed by atoms with Crippen molar-refractivity contribution in [1.29, 1.82) is 0 Å².